The fourth-order valence-electron chi connectivity index (χ4n) is 5.10. The minimum absolute atomic E-state index is 0. The van der Waals surface area contributed by atoms with Gasteiger partial charge in [-0.25, -0.2) is 9.97 Å². The zero-order valence-electron chi connectivity index (χ0n) is 22.1. The average molecular weight is 567 g/mol. The second-order valence-electron chi connectivity index (χ2n) is 9.93. The summed E-state index contributed by atoms with van der Waals surface area (Å²) in [4.78, 5) is 39.2. The summed E-state index contributed by atoms with van der Waals surface area (Å²) in [5, 5.41) is 22.6. The predicted molar refractivity (Wildman–Crippen MR) is 144 cm³/mol. The van der Waals surface area contributed by atoms with Crippen LogP contribution >= 0.6 is 0 Å². The monoisotopic (exact) mass is 566 g/mol. The number of carboxylic acid groups (broad SMARTS) is 2. The van der Waals surface area contributed by atoms with Crippen LogP contribution in [0.15, 0.2) is 30.3 Å². The summed E-state index contributed by atoms with van der Waals surface area (Å²) in [7, 11) is 0. The fourth-order valence-corrected chi connectivity index (χ4v) is 5.10. The standard InChI is InChI=1S/C30H30N4O4.Ni/c1-15-9-20-12-25-17(3)21(5-7-29(35)36)27(33-25)14-28-22(6-8-30(37)38)18(4)26(34-28)13-24-16(2)10-19(32-24)11-23(15)31-20;/h9-14,32-33H,5-8H2,1-4H3,(H,35,36)(H,37,38);/q;+2/p-2. The Labute approximate surface area is 235 Å². The molecule has 0 atom stereocenters. The van der Waals surface area contributed by atoms with Crippen molar-refractivity contribution in [3.8, 4) is 0 Å². The second kappa shape index (κ2) is 11.0. The van der Waals surface area contributed by atoms with Crippen molar-refractivity contribution in [3.63, 3.8) is 0 Å². The molecular weight excluding hydrogens is 539 g/mol. The van der Waals surface area contributed by atoms with E-state index in [-0.39, 0.29) is 42.2 Å². The average Bonchev–Trinajstić information content (AvgIpc) is 3.53. The fraction of sp³-hybridized carbons (Fsp3) is 0.267. The number of hydrogen-bond acceptors (Lipinski definition) is 6. The van der Waals surface area contributed by atoms with Crippen LogP contribution in [0.5, 0.6) is 0 Å². The van der Waals surface area contributed by atoms with Gasteiger partial charge in [0.15, 0.2) is 0 Å². The van der Waals surface area contributed by atoms with Crippen LogP contribution in [0.1, 0.15) is 72.6 Å². The number of hydrogen-bond donors (Lipinski definition) is 2. The number of aryl methyl sites for hydroxylation is 3. The Morgan fingerprint density at radius 3 is 2.18 bits per heavy atom. The molecule has 2 aliphatic heterocycles. The molecule has 3 aromatic heterocycles. The third-order valence-electron chi connectivity index (χ3n) is 7.24. The van der Waals surface area contributed by atoms with E-state index < -0.39 is 11.9 Å². The second-order valence-corrected chi connectivity index (χ2v) is 9.93. The van der Waals surface area contributed by atoms with E-state index in [9.17, 15) is 19.8 Å². The summed E-state index contributed by atoms with van der Waals surface area (Å²) in [5.41, 5.74) is 12.0. The van der Waals surface area contributed by atoms with Gasteiger partial charge in [0, 0.05) is 34.0 Å². The Kier molecular flexibility index (Phi) is 7.93. The molecule has 0 fully saturated rings. The van der Waals surface area contributed by atoms with Gasteiger partial charge in [-0.2, -0.15) is 0 Å². The van der Waals surface area contributed by atoms with Gasteiger partial charge in [0.1, 0.15) is 0 Å². The molecule has 0 aromatic carbocycles. The first-order valence-electron chi connectivity index (χ1n) is 12.6. The van der Waals surface area contributed by atoms with E-state index in [1.807, 2.05) is 58.0 Å². The minimum Gasteiger partial charge on any atom is -0.550 e. The number of nitrogens with one attached hydrogen (secondary N) is 2. The first-order chi connectivity index (χ1) is 18.1. The van der Waals surface area contributed by atoms with Crippen molar-refractivity contribution in [1.82, 2.24) is 19.9 Å². The van der Waals surface area contributed by atoms with Crippen molar-refractivity contribution in [2.24, 2.45) is 0 Å². The maximum atomic E-state index is 11.3. The molecule has 9 heteroatoms. The molecule has 0 saturated carbocycles. The summed E-state index contributed by atoms with van der Waals surface area (Å²) < 4.78 is 0. The maximum absolute atomic E-state index is 11.3. The van der Waals surface area contributed by atoms with Crippen LogP contribution in [0, 0.1) is 13.8 Å². The van der Waals surface area contributed by atoms with Gasteiger partial charge < -0.3 is 29.8 Å². The van der Waals surface area contributed by atoms with E-state index in [2.05, 4.69) is 16.0 Å². The van der Waals surface area contributed by atoms with Gasteiger partial charge in [-0.15, -0.1) is 0 Å². The summed E-state index contributed by atoms with van der Waals surface area (Å²) in [6, 6.07) is 9.88. The van der Waals surface area contributed by atoms with E-state index in [0.29, 0.717) is 5.69 Å². The van der Waals surface area contributed by atoms with Crippen molar-refractivity contribution in [2.45, 2.75) is 53.4 Å². The van der Waals surface area contributed by atoms with Gasteiger partial charge in [-0.3, -0.25) is 0 Å². The molecule has 8 bridgehead atoms. The molecule has 0 unspecified atom stereocenters. The zero-order chi connectivity index (χ0) is 27.1. The van der Waals surface area contributed by atoms with Crippen molar-refractivity contribution in [1.29, 1.82) is 0 Å². The first-order valence-corrected chi connectivity index (χ1v) is 12.6. The molecule has 5 rings (SSSR count). The molecule has 39 heavy (non-hydrogen) atoms. The smallest absolute Gasteiger partial charge is 0.550 e. The number of rotatable bonds is 6. The van der Waals surface area contributed by atoms with Crippen LogP contribution in [0.25, 0.3) is 44.9 Å². The number of nitrogens with zero attached hydrogens (tertiary/aromatic N) is 2. The van der Waals surface area contributed by atoms with Crippen molar-refractivity contribution >= 4 is 56.8 Å². The van der Waals surface area contributed by atoms with Crippen LogP contribution < -0.4 is 10.2 Å². The topological polar surface area (TPSA) is 138 Å². The number of carboxylic acids is 2. The first kappa shape index (κ1) is 28.1. The molecule has 0 amide bonds. The Morgan fingerprint density at radius 2 is 1.46 bits per heavy atom. The molecule has 2 N–H and O–H groups in total. The number of aliphatic carboxylic acids is 2. The van der Waals surface area contributed by atoms with Gasteiger partial charge in [-0.1, -0.05) is 0 Å². The van der Waals surface area contributed by atoms with E-state index in [0.717, 1.165) is 72.6 Å². The van der Waals surface area contributed by atoms with E-state index in [1.54, 1.807) is 0 Å². The van der Waals surface area contributed by atoms with Crippen molar-refractivity contribution in [2.75, 3.05) is 0 Å². The van der Waals surface area contributed by atoms with E-state index in [1.165, 1.54) is 0 Å². The molecule has 3 aromatic rings. The Morgan fingerprint density at radius 1 is 0.769 bits per heavy atom. The summed E-state index contributed by atoms with van der Waals surface area (Å²) in [5.74, 6) is -2.25. The number of carbonyl (C=O) groups excluding carboxylic acids is 2. The number of allylic oxidation sites excluding steroid dienone is 3. The summed E-state index contributed by atoms with van der Waals surface area (Å²) in [6.07, 6.45) is 2.33. The number of aromatic nitrogens is 4. The van der Waals surface area contributed by atoms with E-state index in [4.69, 9.17) is 9.97 Å². The van der Waals surface area contributed by atoms with Crippen molar-refractivity contribution in [3.05, 3.63) is 69.8 Å². The molecule has 0 aliphatic carbocycles. The number of aromatic amines is 2. The molecule has 8 nitrogen and oxygen atoms in total. The van der Waals surface area contributed by atoms with Gasteiger partial charge in [0.2, 0.25) is 0 Å². The van der Waals surface area contributed by atoms with Crippen LogP contribution in [-0.4, -0.2) is 31.9 Å². The minimum atomic E-state index is -1.13. The van der Waals surface area contributed by atoms with Crippen LogP contribution in [-0.2, 0) is 32.5 Å². The Balaban J connectivity index is 0.00000353. The van der Waals surface area contributed by atoms with Gasteiger partial charge >= 0.3 is 16.5 Å². The molecule has 0 saturated heterocycles. The summed E-state index contributed by atoms with van der Waals surface area (Å²) in [6.45, 7) is 7.93. The third-order valence-corrected chi connectivity index (χ3v) is 7.24. The molecule has 0 spiro atoms. The van der Waals surface area contributed by atoms with E-state index >= 15 is 0 Å². The molecule has 0 radical (unpaired) electrons. The summed E-state index contributed by atoms with van der Waals surface area (Å²) >= 11 is 0. The maximum Gasteiger partial charge on any atom is 2.00 e. The van der Waals surface area contributed by atoms with Gasteiger partial charge in [-0.05, 0) is 123 Å². The Bertz CT molecular complexity index is 1730. The van der Waals surface area contributed by atoms with Crippen molar-refractivity contribution < 1.29 is 36.3 Å². The SMILES string of the molecule is CC1=Cc2cc3[nH]c(cc4nc(cc5[nH]c(cc1n2)cc5C)C(C)=C4CCC(=O)[O-])c(CCC(=O)[O-])c3C.[Ni+2]. The zero-order valence-corrected chi connectivity index (χ0v) is 23.1. The van der Waals surface area contributed by atoms with Gasteiger partial charge in [0.05, 0.1) is 22.8 Å². The quantitative estimate of drug-likeness (QED) is 0.437. The number of fused-ring (bicyclic) bond motifs is 8. The number of carbonyl (C=O) groups is 2. The predicted octanol–water partition coefficient (Wildman–Crippen LogP) is 3.63. The third kappa shape index (κ3) is 5.74. The molecule has 2 aliphatic rings. The molecule has 5 heterocycles. The Hall–Kier alpha value is -3.97. The largest absolute Gasteiger partial charge is 2.00 e. The van der Waals surface area contributed by atoms with Crippen LogP contribution in [0.4, 0.5) is 0 Å². The molecule has 202 valence electrons. The molecular formula is C30H28N4NiO4. The number of H-pyrrole nitrogens is 2. The van der Waals surface area contributed by atoms with Gasteiger partial charge in [0.25, 0.3) is 0 Å². The van der Waals surface area contributed by atoms with Crippen LogP contribution in [0.2, 0.25) is 0 Å². The van der Waals surface area contributed by atoms with Crippen LogP contribution in [0.3, 0.4) is 0 Å². The normalized spacial score (nSPS) is 12.8.